The topological polar surface area (TPSA) is 77.2 Å². The third-order valence-electron chi connectivity index (χ3n) is 6.19. The molecule has 1 unspecified atom stereocenters. The molecule has 0 saturated heterocycles. The fourth-order valence-electron chi connectivity index (χ4n) is 4.34. The minimum absolute atomic E-state index is 0.0224. The lowest BCUT2D eigenvalue weighted by Gasteiger charge is -2.35. The summed E-state index contributed by atoms with van der Waals surface area (Å²) in [6.45, 7) is 0. The van der Waals surface area contributed by atoms with Crippen molar-refractivity contribution in [2.75, 3.05) is 0 Å². The maximum absolute atomic E-state index is 13.6. The van der Waals surface area contributed by atoms with Gasteiger partial charge in [0.1, 0.15) is 11.6 Å². The molecule has 0 aromatic heterocycles. The molecule has 2 atom stereocenters. The number of Topliss-reactive ketones (excluding diaryl/α,β-unsaturated/α-hetero) is 1. The van der Waals surface area contributed by atoms with Crippen molar-refractivity contribution >= 4 is 15.6 Å². The number of nitrogens with two attached hydrogens (primary N) is 1. The van der Waals surface area contributed by atoms with Gasteiger partial charge in [0.05, 0.1) is 15.7 Å². The van der Waals surface area contributed by atoms with E-state index in [4.69, 9.17) is 5.73 Å². The normalized spacial score (nSPS) is 28.0. The smallest absolute Gasteiger partial charge is 0.327 e. The van der Waals surface area contributed by atoms with Gasteiger partial charge in [-0.15, -0.1) is 0 Å². The summed E-state index contributed by atoms with van der Waals surface area (Å²) < 4.78 is 77.3. The van der Waals surface area contributed by atoms with Crippen LogP contribution in [-0.4, -0.2) is 25.5 Å². The molecule has 162 valence electrons. The summed E-state index contributed by atoms with van der Waals surface area (Å²) in [6.07, 6.45) is 0.253. The Morgan fingerprint density at radius 3 is 2.38 bits per heavy atom. The van der Waals surface area contributed by atoms with Crippen LogP contribution in [-0.2, 0) is 20.8 Å². The first kappa shape index (κ1) is 22.2. The van der Waals surface area contributed by atoms with Crippen LogP contribution in [0, 0.1) is 17.7 Å². The van der Waals surface area contributed by atoms with Crippen LogP contribution in [0.4, 0.5) is 17.6 Å². The molecule has 0 amide bonds. The maximum atomic E-state index is 13.6. The minimum atomic E-state index is -4.82. The van der Waals surface area contributed by atoms with E-state index >= 15 is 0 Å². The van der Waals surface area contributed by atoms with Crippen LogP contribution in [0.2, 0.25) is 0 Å². The van der Waals surface area contributed by atoms with E-state index in [1.807, 2.05) is 0 Å². The van der Waals surface area contributed by atoms with Gasteiger partial charge in [-0.05, 0) is 56.2 Å². The van der Waals surface area contributed by atoms with E-state index in [2.05, 4.69) is 0 Å². The predicted molar refractivity (Wildman–Crippen MR) is 99.3 cm³/mol. The van der Waals surface area contributed by atoms with Crippen molar-refractivity contribution in [2.24, 2.45) is 17.6 Å². The molecule has 3 rings (SSSR count). The van der Waals surface area contributed by atoms with Crippen molar-refractivity contribution in [1.29, 1.82) is 0 Å². The lowest BCUT2D eigenvalue weighted by molar-refractivity contribution is -0.138. The molecule has 1 aromatic carbocycles. The summed E-state index contributed by atoms with van der Waals surface area (Å²) in [5.74, 6) is -1.22. The van der Waals surface area contributed by atoms with Crippen molar-refractivity contribution in [3.05, 3.63) is 29.6 Å². The first-order valence-electron chi connectivity index (χ1n) is 9.88. The number of benzene rings is 1. The first-order chi connectivity index (χ1) is 13.5. The lowest BCUT2D eigenvalue weighted by Crippen LogP contribution is -2.39. The first-order valence-corrected chi connectivity index (χ1v) is 11.4. The Hall–Kier alpha value is -1.48. The third-order valence-corrected chi connectivity index (χ3v) is 8.35. The number of ketones is 1. The molecular weight excluding hydrogens is 410 g/mol. The van der Waals surface area contributed by atoms with Gasteiger partial charge in [0.25, 0.3) is 0 Å². The zero-order valence-electron chi connectivity index (χ0n) is 15.9. The van der Waals surface area contributed by atoms with Crippen molar-refractivity contribution in [1.82, 2.24) is 0 Å². The van der Waals surface area contributed by atoms with E-state index < -0.39 is 37.5 Å². The Labute approximate surface area is 167 Å². The molecule has 2 saturated carbocycles. The van der Waals surface area contributed by atoms with Gasteiger partial charge in [-0.1, -0.05) is 12.8 Å². The molecule has 2 aliphatic carbocycles. The van der Waals surface area contributed by atoms with Crippen LogP contribution < -0.4 is 5.73 Å². The Morgan fingerprint density at radius 1 is 1.10 bits per heavy atom. The highest BCUT2D eigenvalue weighted by Crippen LogP contribution is 2.40. The zero-order valence-corrected chi connectivity index (χ0v) is 16.7. The molecule has 0 aliphatic heterocycles. The van der Waals surface area contributed by atoms with Gasteiger partial charge in [0.15, 0.2) is 9.84 Å². The second kappa shape index (κ2) is 8.34. The van der Waals surface area contributed by atoms with Crippen LogP contribution in [0.25, 0.3) is 0 Å². The summed E-state index contributed by atoms with van der Waals surface area (Å²) in [4.78, 5) is 11.7. The van der Waals surface area contributed by atoms with Crippen LogP contribution in [0.3, 0.4) is 0 Å². The number of hydrogen-bond donors (Lipinski definition) is 1. The van der Waals surface area contributed by atoms with Gasteiger partial charge in [-0.3, -0.25) is 4.79 Å². The second-order valence-corrected chi connectivity index (χ2v) is 10.5. The quantitative estimate of drug-likeness (QED) is 0.678. The Bertz CT molecular complexity index is 863. The number of rotatable bonds is 6. The summed E-state index contributed by atoms with van der Waals surface area (Å²) >= 11 is 0. The maximum Gasteiger partial charge on any atom is 0.416 e. The molecule has 0 heterocycles. The number of carbonyl (C=O) groups is 1. The van der Waals surface area contributed by atoms with E-state index in [1.165, 1.54) is 0 Å². The van der Waals surface area contributed by atoms with E-state index in [1.54, 1.807) is 0 Å². The average Bonchev–Trinajstić information content (AvgIpc) is 2.59. The van der Waals surface area contributed by atoms with Crippen molar-refractivity contribution in [2.45, 2.75) is 73.7 Å². The van der Waals surface area contributed by atoms with Gasteiger partial charge in [-0.2, -0.15) is 13.2 Å². The zero-order chi connectivity index (χ0) is 21.4. The summed E-state index contributed by atoms with van der Waals surface area (Å²) in [6, 6.07) is 1.29. The second-order valence-electron chi connectivity index (χ2n) is 8.24. The van der Waals surface area contributed by atoms with Crippen molar-refractivity contribution < 1.29 is 30.8 Å². The van der Waals surface area contributed by atoms with Gasteiger partial charge in [-0.25, -0.2) is 12.8 Å². The fourth-order valence-corrected chi connectivity index (χ4v) is 6.34. The number of hydrogen-bond acceptors (Lipinski definition) is 4. The van der Waals surface area contributed by atoms with Crippen LogP contribution in [0.15, 0.2) is 23.1 Å². The molecule has 4 nitrogen and oxygen atoms in total. The molecule has 29 heavy (non-hydrogen) atoms. The van der Waals surface area contributed by atoms with Gasteiger partial charge in [0, 0.05) is 18.4 Å². The SMILES string of the molecule is N[C@H]1CCCCC1C(=O)CCC1CC(S(=O)(=O)c2cc(F)cc(C(F)(F)F)c2)C1. The van der Waals surface area contributed by atoms with Crippen molar-refractivity contribution in [3.8, 4) is 0 Å². The molecule has 2 N–H and O–H groups in total. The lowest BCUT2D eigenvalue weighted by atomic mass is 9.77. The third kappa shape index (κ3) is 4.99. The Kier molecular flexibility index (Phi) is 6.38. The Balaban J connectivity index is 1.57. The number of sulfone groups is 1. The summed E-state index contributed by atoms with van der Waals surface area (Å²) in [5.41, 5.74) is 4.70. The number of alkyl halides is 3. The molecule has 2 aliphatic rings. The van der Waals surface area contributed by atoms with E-state index in [0.717, 1.165) is 25.7 Å². The van der Waals surface area contributed by atoms with Crippen molar-refractivity contribution in [3.63, 3.8) is 0 Å². The fraction of sp³-hybridized carbons (Fsp3) is 0.650. The monoisotopic (exact) mass is 435 g/mol. The van der Waals surface area contributed by atoms with Gasteiger partial charge in [0.2, 0.25) is 0 Å². The highest BCUT2D eigenvalue weighted by molar-refractivity contribution is 7.92. The standard InChI is InChI=1S/C20H25F4NO3S/c21-14-9-13(20(22,23)24)10-16(11-14)29(27,28)15-7-12(8-15)5-6-19(26)17-3-1-2-4-18(17)25/h9-12,15,17-18H,1-8,25H2/t12?,15?,17?,18-/m0/s1. The van der Waals surface area contributed by atoms with E-state index in [-0.39, 0.29) is 42.6 Å². The van der Waals surface area contributed by atoms with Crippen LogP contribution in [0.1, 0.15) is 56.9 Å². The number of carbonyl (C=O) groups excluding carboxylic acids is 1. The largest absolute Gasteiger partial charge is 0.416 e. The van der Waals surface area contributed by atoms with Crippen LogP contribution >= 0.6 is 0 Å². The van der Waals surface area contributed by atoms with Gasteiger partial charge < -0.3 is 5.73 Å². The Morgan fingerprint density at radius 2 is 1.76 bits per heavy atom. The summed E-state index contributed by atoms with van der Waals surface area (Å²) in [5, 5.41) is -0.845. The molecule has 0 spiro atoms. The highest BCUT2D eigenvalue weighted by Gasteiger charge is 2.41. The average molecular weight is 435 g/mol. The molecule has 2 fully saturated rings. The predicted octanol–water partition coefficient (Wildman–Crippen LogP) is 4.26. The molecule has 0 radical (unpaired) electrons. The van der Waals surface area contributed by atoms with Gasteiger partial charge >= 0.3 is 6.18 Å². The molecular formula is C20H25F4NO3S. The highest BCUT2D eigenvalue weighted by atomic mass is 32.2. The summed E-state index contributed by atoms with van der Waals surface area (Å²) in [7, 11) is -4.05. The minimum Gasteiger partial charge on any atom is -0.327 e. The molecule has 0 bridgehead atoms. The molecule has 9 heteroatoms. The van der Waals surface area contributed by atoms with E-state index in [0.29, 0.717) is 25.0 Å². The van der Waals surface area contributed by atoms with E-state index in [9.17, 15) is 30.8 Å². The van der Waals surface area contributed by atoms with Crippen LogP contribution in [0.5, 0.6) is 0 Å². The number of halogens is 4. The molecule has 1 aromatic rings.